The molecule has 1 aromatic carbocycles. The Bertz CT molecular complexity index is 427. The molecule has 0 unspecified atom stereocenters. The van der Waals surface area contributed by atoms with Crippen LogP contribution in [0.25, 0.3) is 0 Å². The summed E-state index contributed by atoms with van der Waals surface area (Å²) in [6.45, 7) is 4.17. The van der Waals surface area contributed by atoms with Crippen molar-refractivity contribution in [3.63, 3.8) is 0 Å². The Hall–Kier alpha value is -1.22. The molecule has 0 saturated carbocycles. The van der Waals surface area contributed by atoms with E-state index in [2.05, 4.69) is 13.8 Å². The summed E-state index contributed by atoms with van der Waals surface area (Å²) in [5.41, 5.74) is 0.495. The van der Waals surface area contributed by atoms with Crippen molar-refractivity contribution in [2.45, 2.75) is 26.7 Å². The first kappa shape index (κ1) is 14.8. The highest BCUT2D eigenvalue weighted by molar-refractivity contribution is 6.34. The molecule has 0 aliphatic rings. The number of ether oxygens (including phenoxy) is 2. The average molecular weight is 271 g/mol. The second-order valence-electron chi connectivity index (χ2n) is 4.54. The van der Waals surface area contributed by atoms with Crippen molar-refractivity contribution in [2.75, 3.05) is 14.2 Å². The van der Waals surface area contributed by atoms with Crippen LogP contribution in [0.1, 0.15) is 37.0 Å². The lowest BCUT2D eigenvalue weighted by molar-refractivity contribution is 0.0975. The Morgan fingerprint density at radius 3 is 2.28 bits per heavy atom. The molecule has 0 aromatic heterocycles. The van der Waals surface area contributed by atoms with Gasteiger partial charge in [0.05, 0.1) is 19.2 Å². The summed E-state index contributed by atoms with van der Waals surface area (Å²) in [6.07, 6.45) is 1.34. The fourth-order valence-electron chi connectivity index (χ4n) is 1.62. The fraction of sp³-hybridized carbons (Fsp3) is 0.500. The first-order chi connectivity index (χ1) is 8.49. The van der Waals surface area contributed by atoms with Crippen molar-refractivity contribution in [2.24, 2.45) is 5.92 Å². The van der Waals surface area contributed by atoms with Crippen LogP contribution in [0.3, 0.4) is 0 Å². The predicted octanol–water partition coefficient (Wildman–Crippen LogP) is 3.98. The largest absolute Gasteiger partial charge is 0.493 e. The smallest absolute Gasteiger partial charge is 0.164 e. The van der Waals surface area contributed by atoms with Gasteiger partial charge in [-0.05, 0) is 18.4 Å². The summed E-state index contributed by atoms with van der Waals surface area (Å²) in [7, 11) is 3.07. The van der Waals surface area contributed by atoms with Crippen molar-refractivity contribution in [3.05, 3.63) is 22.7 Å². The monoisotopic (exact) mass is 270 g/mol. The quantitative estimate of drug-likeness (QED) is 0.734. The minimum atomic E-state index is 0.0367. The predicted molar refractivity (Wildman–Crippen MR) is 73.0 cm³/mol. The lowest BCUT2D eigenvalue weighted by Gasteiger charge is -2.11. The molecule has 3 nitrogen and oxygen atoms in total. The molecular weight excluding hydrogens is 252 g/mol. The van der Waals surface area contributed by atoms with E-state index < -0.39 is 0 Å². The Labute approximate surface area is 113 Å². The van der Waals surface area contributed by atoms with Crippen LogP contribution in [0.4, 0.5) is 0 Å². The van der Waals surface area contributed by atoms with Crippen molar-refractivity contribution in [3.8, 4) is 11.5 Å². The van der Waals surface area contributed by atoms with Gasteiger partial charge in [-0.15, -0.1) is 0 Å². The van der Waals surface area contributed by atoms with Crippen LogP contribution in [0.2, 0.25) is 5.02 Å². The lowest BCUT2D eigenvalue weighted by atomic mass is 10.0. The maximum absolute atomic E-state index is 12.1. The zero-order valence-electron chi connectivity index (χ0n) is 11.2. The summed E-state index contributed by atoms with van der Waals surface area (Å²) >= 11 is 6.09. The molecule has 18 heavy (non-hydrogen) atoms. The minimum Gasteiger partial charge on any atom is -0.493 e. The van der Waals surface area contributed by atoms with E-state index in [0.29, 0.717) is 34.4 Å². The van der Waals surface area contributed by atoms with Crippen molar-refractivity contribution >= 4 is 17.4 Å². The highest BCUT2D eigenvalue weighted by Crippen LogP contribution is 2.33. The molecule has 4 heteroatoms. The van der Waals surface area contributed by atoms with E-state index in [4.69, 9.17) is 21.1 Å². The highest BCUT2D eigenvalue weighted by atomic mass is 35.5. The molecule has 100 valence electrons. The number of rotatable bonds is 6. The second-order valence-corrected chi connectivity index (χ2v) is 4.95. The van der Waals surface area contributed by atoms with Gasteiger partial charge in [-0.2, -0.15) is 0 Å². The van der Waals surface area contributed by atoms with Gasteiger partial charge >= 0.3 is 0 Å². The summed E-state index contributed by atoms with van der Waals surface area (Å²) in [5, 5.41) is 0.404. The van der Waals surface area contributed by atoms with Gasteiger partial charge in [0.15, 0.2) is 17.3 Å². The maximum Gasteiger partial charge on any atom is 0.164 e. The van der Waals surface area contributed by atoms with Crippen LogP contribution in [-0.4, -0.2) is 20.0 Å². The zero-order valence-corrected chi connectivity index (χ0v) is 12.0. The summed E-state index contributed by atoms with van der Waals surface area (Å²) in [4.78, 5) is 12.1. The topological polar surface area (TPSA) is 35.5 Å². The van der Waals surface area contributed by atoms with E-state index in [0.717, 1.165) is 6.42 Å². The summed E-state index contributed by atoms with van der Waals surface area (Å²) in [5.74, 6) is 1.58. The van der Waals surface area contributed by atoms with Crippen molar-refractivity contribution in [1.29, 1.82) is 0 Å². The lowest BCUT2D eigenvalue weighted by Crippen LogP contribution is -2.03. The molecule has 0 spiro atoms. The van der Waals surface area contributed by atoms with E-state index >= 15 is 0 Å². The van der Waals surface area contributed by atoms with Gasteiger partial charge in [0.1, 0.15) is 0 Å². The Morgan fingerprint density at radius 2 is 1.78 bits per heavy atom. The number of carbonyl (C=O) groups is 1. The van der Waals surface area contributed by atoms with Crippen molar-refractivity contribution in [1.82, 2.24) is 0 Å². The molecule has 0 fully saturated rings. The fourth-order valence-corrected chi connectivity index (χ4v) is 1.88. The molecule has 0 atom stereocenters. The number of methoxy groups -OCH3 is 2. The molecule has 0 amide bonds. The summed E-state index contributed by atoms with van der Waals surface area (Å²) in [6, 6.07) is 3.26. The van der Waals surface area contributed by atoms with Crippen molar-refractivity contribution < 1.29 is 14.3 Å². The number of ketones is 1. The number of Topliss-reactive ketones (excluding diaryl/α,β-unsaturated/α-hetero) is 1. The van der Waals surface area contributed by atoms with E-state index in [1.54, 1.807) is 12.1 Å². The van der Waals surface area contributed by atoms with E-state index in [1.165, 1.54) is 14.2 Å². The Kier molecular flexibility index (Phi) is 5.48. The molecule has 0 heterocycles. The number of carbonyl (C=O) groups excluding carboxylic acids is 1. The first-order valence-corrected chi connectivity index (χ1v) is 6.32. The molecule has 0 saturated heterocycles. The van der Waals surface area contributed by atoms with Crippen LogP contribution < -0.4 is 9.47 Å². The molecule has 0 aliphatic heterocycles. The molecule has 1 rings (SSSR count). The van der Waals surface area contributed by atoms with Crippen LogP contribution in [0.5, 0.6) is 11.5 Å². The van der Waals surface area contributed by atoms with Gasteiger partial charge in [-0.25, -0.2) is 0 Å². The molecule has 0 aliphatic carbocycles. The zero-order chi connectivity index (χ0) is 13.7. The Morgan fingerprint density at radius 1 is 1.22 bits per heavy atom. The normalized spacial score (nSPS) is 10.6. The van der Waals surface area contributed by atoms with Crippen LogP contribution in [0.15, 0.2) is 12.1 Å². The molecular formula is C14H19ClO3. The summed E-state index contributed by atoms with van der Waals surface area (Å²) < 4.78 is 10.3. The second kappa shape index (κ2) is 6.64. The van der Waals surface area contributed by atoms with Gasteiger partial charge in [0.25, 0.3) is 0 Å². The minimum absolute atomic E-state index is 0.0367. The Balaban J connectivity index is 2.98. The van der Waals surface area contributed by atoms with E-state index in [-0.39, 0.29) is 5.78 Å². The average Bonchev–Trinajstić information content (AvgIpc) is 2.35. The molecule has 0 radical (unpaired) electrons. The van der Waals surface area contributed by atoms with Gasteiger partial charge in [0.2, 0.25) is 0 Å². The van der Waals surface area contributed by atoms with E-state index in [1.807, 2.05) is 0 Å². The van der Waals surface area contributed by atoms with Crippen LogP contribution in [-0.2, 0) is 0 Å². The first-order valence-electron chi connectivity index (χ1n) is 5.94. The number of benzene rings is 1. The SMILES string of the molecule is COc1cc(Cl)c(C(=O)CCC(C)C)cc1OC. The molecule has 0 bridgehead atoms. The van der Waals surface area contributed by atoms with Crippen LogP contribution >= 0.6 is 11.6 Å². The third kappa shape index (κ3) is 3.64. The van der Waals surface area contributed by atoms with Gasteiger partial charge in [-0.1, -0.05) is 25.4 Å². The standard InChI is InChI=1S/C14H19ClO3/c1-9(2)5-6-12(16)10-7-13(17-3)14(18-4)8-11(10)15/h7-9H,5-6H2,1-4H3. The number of halogens is 1. The van der Waals surface area contributed by atoms with Gasteiger partial charge < -0.3 is 9.47 Å². The highest BCUT2D eigenvalue weighted by Gasteiger charge is 2.15. The third-order valence-electron chi connectivity index (χ3n) is 2.72. The van der Waals surface area contributed by atoms with E-state index in [9.17, 15) is 4.79 Å². The maximum atomic E-state index is 12.1. The number of hydrogen-bond acceptors (Lipinski definition) is 3. The molecule has 0 N–H and O–H groups in total. The van der Waals surface area contributed by atoms with Gasteiger partial charge in [-0.3, -0.25) is 4.79 Å². The number of hydrogen-bond donors (Lipinski definition) is 0. The van der Waals surface area contributed by atoms with Crippen LogP contribution in [0, 0.1) is 5.92 Å². The van der Waals surface area contributed by atoms with Gasteiger partial charge in [0, 0.05) is 18.1 Å². The molecule has 1 aromatic rings. The third-order valence-corrected chi connectivity index (χ3v) is 3.04.